The number of esters is 1. The highest BCUT2D eigenvalue weighted by Crippen LogP contribution is 2.25. The molecule has 53 heavy (non-hydrogen) atoms. The van der Waals surface area contributed by atoms with Gasteiger partial charge in [0.2, 0.25) is 17.7 Å². The summed E-state index contributed by atoms with van der Waals surface area (Å²) in [4.78, 5) is 80.1. The molecule has 3 rings (SSSR count). The van der Waals surface area contributed by atoms with Gasteiger partial charge in [0.1, 0.15) is 30.0 Å². The van der Waals surface area contributed by atoms with Gasteiger partial charge in [0.25, 0.3) is 11.8 Å². The van der Waals surface area contributed by atoms with Gasteiger partial charge >= 0.3 is 11.9 Å². The Bertz CT molecular complexity index is 1520. The Morgan fingerprint density at radius 3 is 2.58 bits per heavy atom. The van der Waals surface area contributed by atoms with Crippen LogP contribution in [0.5, 0.6) is 5.75 Å². The number of unbranched alkanes of at least 4 members (excludes halogenated alkanes) is 2. The molecule has 292 valence electrons. The molecule has 0 saturated carbocycles. The fourth-order valence-electron chi connectivity index (χ4n) is 5.83. The van der Waals surface area contributed by atoms with Crippen LogP contribution in [0.2, 0.25) is 0 Å². The van der Waals surface area contributed by atoms with Gasteiger partial charge in [-0.05, 0) is 76.8 Å². The average molecular weight is 746 g/mol. The minimum Gasteiger partial charge on any atom is -0.507 e. The van der Waals surface area contributed by atoms with Gasteiger partial charge in [-0.1, -0.05) is 32.1 Å². The first-order valence-electron chi connectivity index (χ1n) is 18.0. The van der Waals surface area contributed by atoms with Crippen molar-refractivity contribution in [3.05, 3.63) is 42.0 Å². The van der Waals surface area contributed by atoms with Crippen molar-refractivity contribution in [3.63, 3.8) is 0 Å². The van der Waals surface area contributed by atoms with Crippen LogP contribution in [0.15, 0.2) is 41.4 Å². The number of aliphatic carboxylic acids is 1. The largest absolute Gasteiger partial charge is 0.507 e. The zero-order chi connectivity index (χ0) is 39.1. The lowest BCUT2D eigenvalue weighted by atomic mass is 10.00. The third-order valence-corrected chi connectivity index (χ3v) is 9.01. The van der Waals surface area contributed by atoms with Crippen LogP contribution in [0.4, 0.5) is 0 Å². The van der Waals surface area contributed by atoms with Crippen molar-refractivity contribution in [3.8, 4) is 5.75 Å². The number of amides is 4. The molecule has 0 spiro atoms. The topological polar surface area (TPSA) is 245 Å². The third-order valence-electron chi connectivity index (χ3n) is 9.01. The number of hydrogen-bond acceptors (Lipinski definition) is 12. The Kier molecular flexibility index (Phi) is 16.7. The van der Waals surface area contributed by atoms with E-state index in [4.69, 9.17) is 14.6 Å². The summed E-state index contributed by atoms with van der Waals surface area (Å²) in [5.74, 6) is -5.25. The van der Waals surface area contributed by atoms with E-state index in [9.17, 15) is 44.3 Å². The molecule has 1 saturated heterocycles. The summed E-state index contributed by atoms with van der Waals surface area (Å²) in [6, 6.07) is 3.09. The molecule has 1 aromatic carbocycles. The highest BCUT2D eigenvalue weighted by molar-refractivity contribution is 6.01. The van der Waals surface area contributed by atoms with Gasteiger partial charge in [0.05, 0.1) is 11.5 Å². The molecule has 2 aliphatic heterocycles. The molecule has 2 aliphatic rings. The van der Waals surface area contributed by atoms with Crippen LogP contribution in [-0.2, 0) is 38.2 Å². The van der Waals surface area contributed by atoms with E-state index in [-0.39, 0.29) is 56.8 Å². The van der Waals surface area contributed by atoms with Crippen LogP contribution in [0.3, 0.4) is 0 Å². The number of hydrogen-bond donors (Lipinski definition) is 6. The Labute approximate surface area is 307 Å². The molecule has 1 fully saturated rings. The van der Waals surface area contributed by atoms with E-state index in [1.54, 1.807) is 39.0 Å². The molecule has 0 radical (unpaired) electrons. The van der Waals surface area contributed by atoms with Crippen molar-refractivity contribution in [2.45, 2.75) is 115 Å². The number of ether oxygens (including phenoxy) is 2. The molecule has 0 aromatic heterocycles. The monoisotopic (exact) mass is 745 g/mol. The molecule has 6 unspecified atom stereocenters. The quantitative estimate of drug-likeness (QED) is 0.0393. The van der Waals surface area contributed by atoms with E-state index in [1.165, 1.54) is 12.1 Å². The van der Waals surface area contributed by atoms with Gasteiger partial charge in [-0.2, -0.15) is 0 Å². The maximum atomic E-state index is 13.7. The van der Waals surface area contributed by atoms with Crippen LogP contribution < -0.4 is 10.6 Å². The summed E-state index contributed by atoms with van der Waals surface area (Å²) < 4.78 is 11.5. The number of phenolic OH excluding ortho intramolecular Hbond substituents is 1. The molecule has 6 N–H and O–H groups in total. The van der Waals surface area contributed by atoms with Crippen molar-refractivity contribution in [1.82, 2.24) is 20.8 Å². The first kappa shape index (κ1) is 42.4. The van der Waals surface area contributed by atoms with E-state index in [2.05, 4.69) is 15.6 Å². The van der Waals surface area contributed by atoms with Crippen molar-refractivity contribution in [2.24, 2.45) is 10.9 Å². The lowest BCUT2D eigenvalue weighted by molar-refractivity contribution is -0.167. The number of allylic oxidation sites excluding steroid dienone is 1. The number of carboxylic acid groups (broad SMARTS) is 1. The number of carbonyl (C=O) groups is 6. The maximum absolute atomic E-state index is 13.7. The van der Waals surface area contributed by atoms with Gasteiger partial charge in [-0.3, -0.25) is 34.4 Å². The van der Waals surface area contributed by atoms with Crippen LogP contribution in [0.25, 0.3) is 0 Å². The van der Waals surface area contributed by atoms with Gasteiger partial charge in [0, 0.05) is 25.6 Å². The van der Waals surface area contributed by atoms with Gasteiger partial charge in [0.15, 0.2) is 6.04 Å². The van der Waals surface area contributed by atoms with E-state index in [0.717, 1.165) is 6.08 Å². The van der Waals surface area contributed by atoms with Crippen molar-refractivity contribution in [2.75, 3.05) is 13.1 Å². The normalized spacial score (nSPS) is 20.4. The Morgan fingerprint density at radius 2 is 1.89 bits per heavy atom. The second-order valence-corrected chi connectivity index (χ2v) is 13.1. The van der Waals surface area contributed by atoms with E-state index >= 15 is 0 Å². The van der Waals surface area contributed by atoms with Crippen LogP contribution in [-0.4, -0.2) is 116 Å². The Hall–Kier alpha value is -5.03. The van der Waals surface area contributed by atoms with Gasteiger partial charge in [-0.25, -0.2) is 19.9 Å². The predicted molar refractivity (Wildman–Crippen MR) is 188 cm³/mol. The maximum Gasteiger partial charge on any atom is 0.328 e. The van der Waals surface area contributed by atoms with Crippen molar-refractivity contribution >= 4 is 41.5 Å². The number of benzene rings is 1. The summed E-state index contributed by atoms with van der Waals surface area (Å²) >= 11 is 0. The molecule has 2 heterocycles. The standard InChI is InChI=1S/C36H51N5O12/c1-4-28(22(2)32(46)37-25-15-10-13-21-41(51)35(25)48)53-36(49)26(16-11-12-20-40(50)29(43)18-6-5-7-19-30(44)45)38-33(47)31-23(3)52-34(39-31)24-14-8-9-17-27(24)42/h6,8-9,14,17-18,22-23,25-26,28,31,42,50-51H,4-5,7,10-13,15-16,19-21H2,1-3H3,(H,37,46)(H,38,47)(H,44,45)/b18-6-. The minimum absolute atomic E-state index is 0.0234. The fraction of sp³-hybridized carbons (Fsp3) is 0.583. The number of nitrogens with zero attached hydrogens (tertiary/aromatic N) is 3. The highest BCUT2D eigenvalue weighted by atomic mass is 16.5. The van der Waals surface area contributed by atoms with Crippen LogP contribution in [0.1, 0.15) is 90.5 Å². The first-order valence-corrected chi connectivity index (χ1v) is 18.0. The molecule has 0 bridgehead atoms. The fourth-order valence-corrected chi connectivity index (χ4v) is 5.83. The SMILES string of the molecule is CCC(OC(=O)C(CCCCN(O)C(=O)/C=C\CCCC(=O)O)NC(=O)C1N=C(c2ccccc2O)OC1C)C(C)C(=O)NC1CCCCN(O)C1=O. The van der Waals surface area contributed by atoms with Crippen molar-refractivity contribution < 1.29 is 58.9 Å². The summed E-state index contributed by atoms with van der Waals surface area (Å²) in [6.45, 7) is 4.93. The number of phenols is 1. The van der Waals surface area contributed by atoms with Crippen molar-refractivity contribution in [1.29, 1.82) is 0 Å². The molecule has 17 nitrogen and oxygen atoms in total. The number of carbonyl (C=O) groups excluding carboxylic acids is 5. The minimum atomic E-state index is -1.23. The number of para-hydroxylation sites is 1. The van der Waals surface area contributed by atoms with Crippen LogP contribution >= 0.6 is 0 Å². The number of aromatic hydroxyl groups is 1. The highest BCUT2D eigenvalue weighted by Gasteiger charge is 2.38. The molecular weight excluding hydrogens is 694 g/mol. The number of nitrogens with one attached hydrogen (secondary N) is 2. The Balaban J connectivity index is 1.68. The van der Waals surface area contributed by atoms with Gasteiger partial charge < -0.3 is 30.3 Å². The Morgan fingerprint density at radius 1 is 1.15 bits per heavy atom. The molecule has 6 atom stereocenters. The summed E-state index contributed by atoms with van der Waals surface area (Å²) in [5.41, 5.74) is 0.291. The summed E-state index contributed by atoms with van der Waals surface area (Å²) in [7, 11) is 0. The molecule has 1 aromatic rings. The second kappa shape index (κ2) is 20.9. The lowest BCUT2D eigenvalue weighted by Crippen LogP contribution is -2.51. The number of rotatable bonds is 19. The molecule has 4 amide bonds. The molecular formula is C36H51N5O12. The number of aliphatic imine (C=N–C) groups is 1. The van der Waals surface area contributed by atoms with E-state index < -0.39 is 71.8 Å². The van der Waals surface area contributed by atoms with Crippen LogP contribution in [0, 0.1) is 5.92 Å². The summed E-state index contributed by atoms with van der Waals surface area (Å²) in [5, 5.41) is 45.5. The van der Waals surface area contributed by atoms with E-state index in [0.29, 0.717) is 47.8 Å². The average Bonchev–Trinajstić information content (AvgIpc) is 3.45. The third kappa shape index (κ3) is 12.9. The second-order valence-electron chi connectivity index (χ2n) is 13.1. The van der Waals surface area contributed by atoms with E-state index in [1.807, 2.05) is 0 Å². The summed E-state index contributed by atoms with van der Waals surface area (Å²) in [6.07, 6.45) is 3.81. The first-order chi connectivity index (χ1) is 25.2. The zero-order valence-electron chi connectivity index (χ0n) is 30.3. The van der Waals surface area contributed by atoms with Gasteiger partial charge in [-0.15, -0.1) is 0 Å². The lowest BCUT2D eigenvalue weighted by Gasteiger charge is -2.27. The molecule has 0 aliphatic carbocycles. The molecule has 17 heteroatoms. The number of hydroxylamine groups is 4. The zero-order valence-corrected chi connectivity index (χ0v) is 30.3. The smallest absolute Gasteiger partial charge is 0.328 e. The predicted octanol–water partition coefficient (Wildman–Crippen LogP) is 2.45. The number of carboxylic acids is 1.